The van der Waals surface area contributed by atoms with Crippen LogP contribution < -0.4 is 0 Å². The molecular formula is C23H24N2O4S. The van der Waals surface area contributed by atoms with E-state index < -0.39 is 10.0 Å². The van der Waals surface area contributed by atoms with E-state index in [1.807, 2.05) is 6.07 Å². The second-order valence-corrected chi connectivity index (χ2v) is 8.77. The van der Waals surface area contributed by atoms with E-state index in [4.69, 9.17) is 4.42 Å². The second-order valence-electron chi connectivity index (χ2n) is 6.84. The predicted octanol–water partition coefficient (Wildman–Crippen LogP) is 3.93. The van der Waals surface area contributed by atoms with Gasteiger partial charge in [0, 0.05) is 25.7 Å². The maximum Gasteiger partial charge on any atom is 0.254 e. The van der Waals surface area contributed by atoms with Crippen molar-refractivity contribution in [2.45, 2.75) is 18.0 Å². The van der Waals surface area contributed by atoms with Crippen molar-refractivity contribution in [2.75, 3.05) is 13.6 Å². The number of furan rings is 1. The number of benzene rings is 2. The van der Waals surface area contributed by atoms with Crippen LogP contribution in [-0.2, 0) is 23.1 Å². The highest BCUT2D eigenvalue weighted by molar-refractivity contribution is 7.89. The molecule has 0 spiro atoms. The molecule has 0 N–H and O–H groups in total. The van der Waals surface area contributed by atoms with Gasteiger partial charge in [-0.3, -0.25) is 4.79 Å². The molecule has 3 aromatic rings. The SMILES string of the molecule is C=CCN(Cc1ccc(C(=O)N(C)Cc2ccco2)cc1)S(=O)(=O)c1ccccc1. The average molecular weight is 425 g/mol. The van der Waals surface area contributed by atoms with Gasteiger partial charge in [0.1, 0.15) is 5.76 Å². The fourth-order valence-corrected chi connectivity index (χ4v) is 4.44. The van der Waals surface area contributed by atoms with Gasteiger partial charge < -0.3 is 9.32 Å². The molecule has 0 fully saturated rings. The molecule has 0 radical (unpaired) electrons. The molecule has 1 heterocycles. The third-order valence-corrected chi connectivity index (χ3v) is 6.42. The summed E-state index contributed by atoms with van der Waals surface area (Å²) in [6.45, 7) is 4.41. The Morgan fingerprint density at radius 1 is 1.00 bits per heavy atom. The van der Waals surface area contributed by atoms with Crippen LogP contribution in [0.3, 0.4) is 0 Å². The Kier molecular flexibility index (Phi) is 6.87. The third-order valence-electron chi connectivity index (χ3n) is 4.59. The van der Waals surface area contributed by atoms with E-state index in [0.29, 0.717) is 17.9 Å². The summed E-state index contributed by atoms with van der Waals surface area (Å²) in [6.07, 6.45) is 3.13. The first kappa shape index (κ1) is 21.5. The number of amides is 1. The van der Waals surface area contributed by atoms with Crippen LogP contribution in [0, 0.1) is 0 Å². The molecule has 0 aliphatic rings. The van der Waals surface area contributed by atoms with E-state index in [1.54, 1.807) is 85.0 Å². The van der Waals surface area contributed by atoms with E-state index >= 15 is 0 Å². The Balaban J connectivity index is 1.73. The van der Waals surface area contributed by atoms with Gasteiger partial charge in [-0.15, -0.1) is 6.58 Å². The second kappa shape index (κ2) is 9.56. The minimum Gasteiger partial charge on any atom is -0.467 e. The summed E-state index contributed by atoms with van der Waals surface area (Å²) in [5.74, 6) is 0.562. The molecule has 0 saturated carbocycles. The first-order chi connectivity index (χ1) is 14.4. The summed E-state index contributed by atoms with van der Waals surface area (Å²) >= 11 is 0. The Bertz CT molecular complexity index is 1080. The average Bonchev–Trinajstić information content (AvgIpc) is 3.27. The lowest BCUT2D eigenvalue weighted by Crippen LogP contribution is -2.31. The molecule has 0 aliphatic heterocycles. The van der Waals surface area contributed by atoms with Crippen LogP contribution in [0.25, 0.3) is 0 Å². The molecule has 156 valence electrons. The lowest BCUT2D eigenvalue weighted by atomic mass is 10.1. The number of hydrogen-bond donors (Lipinski definition) is 0. The maximum atomic E-state index is 13.0. The van der Waals surface area contributed by atoms with Crippen molar-refractivity contribution in [1.29, 1.82) is 0 Å². The van der Waals surface area contributed by atoms with Gasteiger partial charge in [-0.2, -0.15) is 4.31 Å². The lowest BCUT2D eigenvalue weighted by molar-refractivity contribution is 0.0775. The van der Waals surface area contributed by atoms with E-state index in [-0.39, 0.29) is 23.9 Å². The lowest BCUT2D eigenvalue weighted by Gasteiger charge is -2.21. The summed E-state index contributed by atoms with van der Waals surface area (Å²) in [7, 11) is -1.95. The zero-order valence-corrected chi connectivity index (χ0v) is 17.6. The van der Waals surface area contributed by atoms with Gasteiger partial charge in [0.2, 0.25) is 10.0 Å². The van der Waals surface area contributed by atoms with Crippen LogP contribution in [0.1, 0.15) is 21.7 Å². The van der Waals surface area contributed by atoms with Crippen molar-refractivity contribution >= 4 is 15.9 Å². The number of nitrogens with zero attached hydrogens (tertiary/aromatic N) is 2. The molecule has 6 nitrogen and oxygen atoms in total. The van der Waals surface area contributed by atoms with Crippen molar-refractivity contribution in [2.24, 2.45) is 0 Å². The summed E-state index contributed by atoms with van der Waals surface area (Å²) < 4.78 is 32.5. The van der Waals surface area contributed by atoms with Crippen molar-refractivity contribution < 1.29 is 17.6 Å². The first-order valence-electron chi connectivity index (χ1n) is 9.44. The molecule has 30 heavy (non-hydrogen) atoms. The van der Waals surface area contributed by atoms with Gasteiger partial charge in [0.25, 0.3) is 5.91 Å². The van der Waals surface area contributed by atoms with Crippen LogP contribution in [0.4, 0.5) is 0 Å². The summed E-state index contributed by atoms with van der Waals surface area (Å²) in [5, 5.41) is 0. The summed E-state index contributed by atoms with van der Waals surface area (Å²) in [6, 6.07) is 18.8. The molecule has 2 aromatic carbocycles. The molecule has 0 unspecified atom stereocenters. The van der Waals surface area contributed by atoms with Gasteiger partial charge in [-0.1, -0.05) is 36.4 Å². The van der Waals surface area contributed by atoms with E-state index in [1.165, 1.54) is 4.31 Å². The molecule has 0 aliphatic carbocycles. The maximum absolute atomic E-state index is 13.0. The molecule has 0 bridgehead atoms. The highest BCUT2D eigenvalue weighted by atomic mass is 32.2. The third kappa shape index (κ3) is 5.06. The van der Waals surface area contributed by atoms with Gasteiger partial charge in [0.15, 0.2) is 0 Å². The number of carbonyl (C=O) groups excluding carboxylic acids is 1. The first-order valence-corrected chi connectivity index (χ1v) is 10.9. The van der Waals surface area contributed by atoms with Gasteiger partial charge >= 0.3 is 0 Å². The van der Waals surface area contributed by atoms with Crippen LogP contribution in [0.15, 0.2) is 95.0 Å². The molecule has 0 saturated heterocycles. The van der Waals surface area contributed by atoms with E-state index in [9.17, 15) is 13.2 Å². The van der Waals surface area contributed by atoms with Gasteiger partial charge in [-0.25, -0.2) is 8.42 Å². The molecule has 1 aromatic heterocycles. The van der Waals surface area contributed by atoms with Crippen molar-refractivity contribution in [3.05, 3.63) is 103 Å². The summed E-state index contributed by atoms with van der Waals surface area (Å²) in [5.41, 5.74) is 1.30. The normalized spacial score (nSPS) is 11.4. The zero-order chi connectivity index (χ0) is 21.6. The Morgan fingerprint density at radius 3 is 2.30 bits per heavy atom. The highest BCUT2D eigenvalue weighted by Gasteiger charge is 2.23. The molecular weight excluding hydrogens is 400 g/mol. The molecule has 1 amide bonds. The van der Waals surface area contributed by atoms with Crippen molar-refractivity contribution in [3.63, 3.8) is 0 Å². The van der Waals surface area contributed by atoms with Crippen LogP contribution in [0.2, 0.25) is 0 Å². The zero-order valence-electron chi connectivity index (χ0n) is 16.8. The van der Waals surface area contributed by atoms with Gasteiger partial charge in [0.05, 0.1) is 17.7 Å². The minimum atomic E-state index is -3.65. The van der Waals surface area contributed by atoms with Crippen LogP contribution >= 0.6 is 0 Å². The Morgan fingerprint density at radius 2 is 1.70 bits per heavy atom. The fourth-order valence-electron chi connectivity index (χ4n) is 3.02. The fraction of sp³-hybridized carbons (Fsp3) is 0.174. The topological polar surface area (TPSA) is 70.8 Å². The minimum absolute atomic E-state index is 0.141. The number of sulfonamides is 1. The Hall–Kier alpha value is -3.16. The molecule has 3 rings (SSSR count). The molecule has 0 atom stereocenters. The van der Waals surface area contributed by atoms with Crippen molar-refractivity contribution in [3.8, 4) is 0 Å². The standard InChI is InChI=1S/C23H24N2O4S/c1-3-15-25(30(27,28)22-9-5-4-6-10-22)17-19-11-13-20(14-12-19)23(26)24(2)18-21-8-7-16-29-21/h3-14,16H,1,15,17-18H2,2H3. The quantitative estimate of drug-likeness (QED) is 0.488. The largest absolute Gasteiger partial charge is 0.467 e. The van der Waals surface area contributed by atoms with E-state index in [0.717, 1.165) is 5.56 Å². The smallest absolute Gasteiger partial charge is 0.254 e. The predicted molar refractivity (Wildman–Crippen MR) is 115 cm³/mol. The monoisotopic (exact) mass is 424 g/mol. The highest BCUT2D eigenvalue weighted by Crippen LogP contribution is 2.19. The molecule has 7 heteroatoms. The number of hydrogen-bond acceptors (Lipinski definition) is 4. The summed E-state index contributed by atoms with van der Waals surface area (Å²) in [4.78, 5) is 14.4. The van der Waals surface area contributed by atoms with Crippen LogP contribution in [0.5, 0.6) is 0 Å². The van der Waals surface area contributed by atoms with Crippen LogP contribution in [-0.4, -0.2) is 37.1 Å². The number of carbonyl (C=O) groups is 1. The van der Waals surface area contributed by atoms with E-state index in [2.05, 4.69) is 6.58 Å². The number of rotatable bonds is 9. The van der Waals surface area contributed by atoms with Crippen molar-refractivity contribution in [1.82, 2.24) is 9.21 Å². The Labute approximate surface area is 177 Å². The van der Waals surface area contributed by atoms with Gasteiger partial charge in [-0.05, 0) is 42.0 Å².